The summed E-state index contributed by atoms with van der Waals surface area (Å²) in [6, 6.07) is 0.441. The molecule has 4 heteroatoms. The molecule has 152 valence electrons. The summed E-state index contributed by atoms with van der Waals surface area (Å²) in [4.78, 5) is 8.67. The van der Waals surface area contributed by atoms with Gasteiger partial charge in [0.25, 0.3) is 0 Å². The molecule has 4 nitrogen and oxygen atoms in total. The summed E-state index contributed by atoms with van der Waals surface area (Å²) >= 11 is 0. The van der Waals surface area contributed by atoms with Crippen molar-refractivity contribution in [3.63, 3.8) is 0 Å². The highest BCUT2D eigenvalue weighted by atomic mass is 15.1. The fraction of sp³-hybridized carbons (Fsp3) is 0.565. The van der Waals surface area contributed by atoms with Crippen molar-refractivity contribution in [2.45, 2.75) is 85.6 Å². The Kier molecular flexibility index (Phi) is 14.8. The number of nitrogens with one attached hydrogen (secondary N) is 1. The zero-order valence-electron chi connectivity index (χ0n) is 18.1. The molecule has 1 unspecified atom stereocenters. The summed E-state index contributed by atoms with van der Waals surface area (Å²) in [5.41, 5.74) is 8.19. The predicted molar refractivity (Wildman–Crippen MR) is 121 cm³/mol. The number of hydrogen-bond acceptors (Lipinski definition) is 4. The largest absolute Gasteiger partial charge is 0.368 e. The summed E-state index contributed by atoms with van der Waals surface area (Å²) in [6.45, 7) is 14.3. The Morgan fingerprint density at radius 2 is 2.00 bits per heavy atom. The van der Waals surface area contributed by atoms with Crippen LogP contribution in [0.15, 0.2) is 42.7 Å². The van der Waals surface area contributed by atoms with E-state index in [0.717, 1.165) is 43.5 Å². The summed E-state index contributed by atoms with van der Waals surface area (Å²) in [6.07, 6.45) is 17.6. The van der Waals surface area contributed by atoms with E-state index in [9.17, 15) is 0 Å². The van der Waals surface area contributed by atoms with Crippen molar-refractivity contribution in [2.24, 2.45) is 0 Å². The van der Waals surface area contributed by atoms with Gasteiger partial charge in [-0.25, -0.2) is 4.98 Å². The maximum atomic E-state index is 5.83. The Balaban J connectivity index is 0.00000326. The second kappa shape index (κ2) is 16.1. The third-order valence-electron chi connectivity index (χ3n) is 4.16. The van der Waals surface area contributed by atoms with Crippen LogP contribution in [0.1, 0.15) is 78.7 Å². The van der Waals surface area contributed by atoms with Gasteiger partial charge in [-0.3, -0.25) is 0 Å². The summed E-state index contributed by atoms with van der Waals surface area (Å²) in [5.74, 6) is 1.22. The molecule has 27 heavy (non-hydrogen) atoms. The zero-order valence-corrected chi connectivity index (χ0v) is 18.1. The minimum Gasteiger partial charge on any atom is -0.368 e. The lowest BCUT2D eigenvalue weighted by Gasteiger charge is -2.20. The number of aryl methyl sites for hydroxylation is 1. The van der Waals surface area contributed by atoms with Crippen LogP contribution in [0.3, 0.4) is 0 Å². The van der Waals surface area contributed by atoms with Gasteiger partial charge in [0.1, 0.15) is 5.82 Å². The van der Waals surface area contributed by atoms with Gasteiger partial charge in [0.2, 0.25) is 5.95 Å². The first kappa shape index (κ1) is 24.9. The summed E-state index contributed by atoms with van der Waals surface area (Å²) in [5, 5.41) is 3.62. The Labute approximate surface area is 167 Å². The van der Waals surface area contributed by atoms with E-state index in [1.165, 1.54) is 18.4 Å². The van der Waals surface area contributed by atoms with Crippen LogP contribution in [-0.2, 0) is 6.42 Å². The van der Waals surface area contributed by atoms with Crippen molar-refractivity contribution in [3.8, 4) is 0 Å². The van der Waals surface area contributed by atoms with E-state index in [4.69, 9.17) is 5.73 Å². The minimum absolute atomic E-state index is 0.326. The normalized spacial score (nSPS) is 12.4. The monoisotopic (exact) mass is 372 g/mol. The Morgan fingerprint density at radius 1 is 1.26 bits per heavy atom. The number of hydrogen-bond donors (Lipinski definition) is 2. The molecule has 1 rings (SSSR count). The first-order chi connectivity index (χ1) is 13.1. The molecular weight excluding hydrogens is 332 g/mol. The van der Waals surface area contributed by atoms with E-state index in [2.05, 4.69) is 47.9 Å². The molecule has 0 saturated carbocycles. The fourth-order valence-electron chi connectivity index (χ4n) is 2.88. The molecule has 0 spiro atoms. The van der Waals surface area contributed by atoms with Gasteiger partial charge < -0.3 is 11.1 Å². The molecule has 1 atom stereocenters. The quantitative estimate of drug-likeness (QED) is 0.412. The number of nitrogen functional groups attached to an aromatic ring is 1. The van der Waals surface area contributed by atoms with E-state index >= 15 is 0 Å². The lowest BCUT2D eigenvalue weighted by atomic mass is 10.0. The van der Waals surface area contributed by atoms with Crippen LogP contribution in [0, 0.1) is 0 Å². The van der Waals surface area contributed by atoms with Gasteiger partial charge in [0, 0.05) is 17.8 Å². The Morgan fingerprint density at radius 3 is 2.59 bits per heavy atom. The molecule has 0 aliphatic carbocycles. The van der Waals surface area contributed by atoms with Gasteiger partial charge in [0.15, 0.2) is 0 Å². The predicted octanol–water partition coefficient (Wildman–Crippen LogP) is 6.48. The molecule has 0 aliphatic rings. The molecule has 0 aliphatic heterocycles. The topological polar surface area (TPSA) is 63.8 Å². The molecule has 0 saturated heterocycles. The molecule has 0 radical (unpaired) electrons. The third kappa shape index (κ3) is 10.6. The first-order valence-electron chi connectivity index (χ1n) is 10.5. The Hall–Kier alpha value is -2.10. The van der Waals surface area contributed by atoms with Crippen LogP contribution in [0.4, 0.5) is 11.8 Å². The van der Waals surface area contributed by atoms with Crippen molar-refractivity contribution >= 4 is 11.8 Å². The van der Waals surface area contributed by atoms with E-state index < -0.39 is 0 Å². The highest BCUT2D eigenvalue weighted by molar-refractivity contribution is 5.47. The number of allylic oxidation sites excluding steroid dienone is 5. The van der Waals surface area contributed by atoms with Gasteiger partial charge in [-0.05, 0) is 38.2 Å². The molecule has 1 aromatic heterocycles. The van der Waals surface area contributed by atoms with Crippen LogP contribution < -0.4 is 11.1 Å². The van der Waals surface area contributed by atoms with Gasteiger partial charge in [-0.2, -0.15) is 4.98 Å². The molecular formula is C23H40N4. The molecule has 0 aromatic carbocycles. The van der Waals surface area contributed by atoms with Gasteiger partial charge in [0.05, 0.1) is 0 Å². The van der Waals surface area contributed by atoms with Crippen LogP contribution in [-0.4, -0.2) is 16.0 Å². The lowest BCUT2D eigenvalue weighted by molar-refractivity contribution is 0.562. The number of nitrogens with zero attached hydrogens (tertiary/aromatic N) is 2. The molecule has 1 aromatic rings. The standard InChI is InChI=1S/C21H34N4.C2H6/c1-5-9-13-19(12-8-4)24-20-18(16-23-21(22)25-20)15-14-17(10-6-2)11-7-3;1-2/h6-7,10-11,16,19H,2,5,8-9,12-15H2,1,3-4H3,(H3,22,23,24,25);1-2H3/b11-7-,17-10+;. The Bertz CT molecular complexity index is 576. The summed E-state index contributed by atoms with van der Waals surface area (Å²) in [7, 11) is 0. The SMILES string of the molecule is C=C/C=C(\C=C/C)CCc1cnc(N)nc1NC(CCC)CCCC.CC. The first-order valence-corrected chi connectivity index (χ1v) is 10.5. The molecule has 3 N–H and O–H groups in total. The van der Waals surface area contributed by atoms with Crippen molar-refractivity contribution in [3.05, 3.63) is 48.2 Å². The van der Waals surface area contributed by atoms with Crippen molar-refractivity contribution < 1.29 is 0 Å². The fourth-order valence-corrected chi connectivity index (χ4v) is 2.88. The lowest BCUT2D eigenvalue weighted by Crippen LogP contribution is -2.21. The number of unbranched alkanes of at least 4 members (excludes halogenated alkanes) is 1. The number of aromatic nitrogens is 2. The maximum Gasteiger partial charge on any atom is 0.221 e. The van der Waals surface area contributed by atoms with Crippen LogP contribution in [0.2, 0.25) is 0 Å². The second-order valence-electron chi connectivity index (χ2n) is 6.35. The van der Waals surface area contributed by atoms with E-state index in [0.29, 0.717) is 12.0 Å². The molecule has 1 heterocycles. The van der Waals surface area contributed by atoms with Gasteiger partial charge in [-0.1, -0.05) is 77.8 Å². The van der Waals surface area contributed by atoms with Crippen molar-refractivity contribution in [1.82, 2.24) is 9.97 Å². The maximum absolute atomic E-state index is 5.83. The smallest absolute Gasteiger partial charge is 0.221 e. The number of nitrogens with two attached hydrogens (primary N) is 1. The van der Waals surface area contributed by atoms with E-state index in [1.54, 1.807) is 0 Å². The van der Waals surface area contributed by atoms with Gasteiger partial charge >= 0.3 is 0 Å². The summed E-state index contributed by atoms with van der Waals surface area (Å²) < 4.78 is 0. The van der Waals surface area contributed by atoms with E-state index in [1.807, 2.05) is 39.1 Å². The van der Waals surface area contributed by atoms with Crippen LogP contribution >= 0.6 is 0 Å². The molecule has 0 fully saturated rings. The molecule has 0 bridgehead atoms. The van der Waals surface area contributed by atoms with E-state index in [-0.39, 0.29) is 0 Å². The third-order valence-corrected chi connectivity index (χ3v) is 4.16. The van der Waals surface area contributed by atoms with Crippen LogP contribution in [0.25, 0.3) is 0 Å². The molecule has 0 amide bonds. The van der Waals surface area contributed by atoms with Crippen LogP contribution in [0.5, 0.6) is 0 Å². The number of anilines is 2. The second-order valence-corrected chi connectivity index (χ2v) is 6.35. The van der Waals surface area contributed by atoms with Crippen molar-refractivity contribution in [2.75, 3.05) is 11.1 Å². The highest BCUT2D eigenvalue weighted by Gasteiger charge is 2.12. The van der Waals surface area contributed by atoms with Gasteiger partial charge in [-0.15, -0.1) is 0 Å². The highest BCUT2D eigenvalue weighted by Crippen LogP contribution is 2.21. The van der Waals surface area contributed by atoms with Crippen molar-refractivity contribution in [1.29, 1.82) is 0 Å². The number of rotatable bonds is 12. The average Bonchev–Trinajstić information content (AvgIpc) is 2.67. The zero-order chi connectivity index (χ0) is 20.5. The minimum atomic E-state index is 0.326. The average molecular weight is 373 g/mol.